The molecule has 1 aliphatic carbocycles. The SMILES string of the molecule is COc1cccc2cc(C(=O)NCCn3ncc4c3CCCC4)c(=O)oc12. The highest BCUT2D eigenvalue weighted by Crippen LogP contribution is 2.24. The van der Waals surface area contributed by atoms with Crippen molar-refractivity contribution in [3.63, 3.8) is 0 Å². The van der Waals surface area contributed by atoms with Crippen LogP contribution in [0.25, 0.3) is 11.0 Å². The van der Waals surface area contributed by atoms with Crippen LogP contribution in [0.5, 0.6) is 5.75 Å². The molecule has 7 nitrogen and oxygen atoms in total. The van der Waals surface area contributed by atoms with Gasteiger partial charge in [-0.25, -0.2) is 4.79 Å². The van der Waals surface area contributed by atoms with Gasteiger partial charge in [0.2, 0.25) is 0 Å². The zero-order chi connectivity index (χ0) is 18.8. The van der Waals surface area contributed by atoms with Gasteiger partial charge in [0.15, 0.2) is 11.3 Å². The maximum absolute atomic E-state index is 12.4. The van der Waals surface area contributed by atoms with E-state index in [4.69, 9.17) is 9.15 Å². The third-order valence-electron chi connectivity index (χ3n) is 4.94. The van der Waals surface area contributed by atoms with Gasteiger partial charge in [-0.15, -0.1) is 0 Å². The first kappa shape index (κ1) is 17.3. The van der Waals surface area contributed by atoms with Crippen molar-refractivity contribution in [2.45, 2.75) is 32.2 Å². The summed E-state index contributed by atoms with van der Waals surface area (Å²) in [6.07, 6.45) is 6.40. The van der Waals surface area contributed by atoms with Crippen molar-refractivity contribution in [3.8, 4) is 5.75 Å². The van der Waals surface area contributed by atoms with Crippen LogP contribution in [0.1, 0.15) is 34.5 Å². The maximum atomic E-state index is 12.4. The molecule has 2 heterocycles. The summed E-state index contributed by atoms with van der Waals surface area (Å²) in [4.78, 5) is 24.7. The van der Waals surface area contributed by atoms with E-state index >= 15 is 0 Å². The molecule has 0 spiro atoms. The lowest BCUT2D eigenvalue weighted by molar-refractivity contribution is 0.0948. The fraction of sp³-hybridized carbons (Fsp3) is 0.350. The molecule has 1 aliphatic rings. The number of nitrogens with one attached hydrogen (secondary N) is 1. The molecule has 2 aromatic heterocycles. The van der Waals surface area contributed by atoms with E-state index in [0.717, 1.165) is 12.8 Å². The largest absolute Gasteiger partial charge is 0.493 e. The number of fused-ring (bicyclic) bond motifs is 2. The number of aryl methyl sites for hydroxylation is 1. The average molecular weight is 367 g/mol. The second-order valence-electron chi connectivity index (χ2n) is 6.63. The summed E-state index contributed by atoms with van der Waals surface area (Å²) >= 11 is 0. The summed E-state index contributed by atoms with van der Waals surface area (Å²) in [5.74, 6) is 0.00880. The molecule has 1 amide bonds. The zero-order valence-corrected chi connectivity index (χ0v) is 15.2. The molecule has 0 saturated carbocycles. The Hall–Kier alpha value is -3.09. The molecule has 0 aliphatic heterocycles. The second kappa shape index (κ2) is 7.26. The van der Waals surface area contributed by atoms with Crippen LogP contribution in [-0.4, -0.2) is 29.3 Å². The van der Waals surface area contributed by atoms with Crippen molar-refractivity contribution < 1.29 is 13.9 Å². The fourth-order valence-electron chi connectivity index (χ4n) is 3.56. The smallest absolute Gasteiger partial charge is 0.349 e. The molecule has 0 radical (unpaired) electrons. The summed E-state index contributed by atoms with van der Waals surface area (Å²) in [6, 6.07) is 6.79. The molecule has 1 N–H and O–H groups in total. The number of hydrogen-bond donors (Lipinski definition) is 1. The van der Waals surface area contributed by atoms with Crippen LogP contribution in [0.4, 0.5) is 0 Å². The average Bonchev–Trinajstić information content (AvgIpc) is 3.10. The molecule has 4 rings (SSSR count). The van der Waals surface area contributed by atoms with Gasteiger partial charge in [-0.3, -0.25) is 9.48 Å². The Bertz CT molecular complexity index is 1050. The van der Waals surface area contributed by atoms with Gasteiger partial charge in [0.1, 0.15) is 5.56 Å². The first-order valence-corrected chi connectivity index (χ1v) is 9.10. The lowest BCUT2D eigenvalue weighted by atomic mass is 9.98. The van der Waals surface area contributed by atoms with Crippen LogP contribution in [0.15, 0.2) is 39.7 Å². The summed E-state index contributed by atoms with van der Waals surface area (Å²) < 4.78 is 12.4. The first-order valence-electron chi connectivity index (χ1n) is 9.10. The van der Waals surface area contributed by atoms with E-state index in [1.807, 2.05) is 10.9 Å². The van der Waals surface area contributed by atoms with Crippen molar-refractivity contribution in [1.82, 2.24) is 15.1 Å². The van der Waals surface area contributed by atoms with Crippen LogP contribution < -0.4 is 15.7 Å². The number of para-hydroxylation sites is 1. The standard InChI is InChI=1S/C20H21N3O4/c1-26-17-8-4-6-13-11-15(20(25)27-18(13)17)19(24)21-9-10-23-16-7-3-2-5-14(16)12-22-23/h4,6,8,11-12H,2-3,5,7,9-10H2,1H3,(H,21,24). The zero-order valence-electron chi connectivity index (χ0n) is 15.2. The number of benzene rings is 1. The van der Waals surface area contributed by atoms with Crippen molar-refractivity contribution in [2.24, 2.45) is 0 Å². The molecule has 27 heavy (non-hydrogen) atoms. The highest BCUT2D eigenvalue weighted by molar-refractivity contribution is 5.97. The van der Waals surface area contributed by atoms with Crippen molar-refractivity contribution in [3.05, 3.63) is 57.7 Å². The predicted octanol–water partition coefficient (Wildman–Crippen LogP) is 2.31. The Labute approximate surface area is 155 Å². The third kappa shape index (κ3) is 3.32. The van der Waals surface area contributed by atoms with Gasteiger partial charge >= 0.3 is 5.63 Å². The summed E-state index contributed by atoms with van der Waals surface area (Å²) in [7, 11) is 1.50. The minimum Gasteiger partial charge on any atom is -0.493 e. The van der Waals surface area contributed by atoms with Crippen molar-refractivity contribution in [1.29, 1.82) is 0 Å². The van der Waals surface area contributed by atoms with E-state index in [1.165, 1.54) is 37.3 Å². The summed E-state index contributed by atoms with van der Waals surface area (Å²) in [6.45, 7) is 0.969. The number of hydrogen-bond acceptors (Lipinski definition) is 5. The van der Waals surface area contributed by atoms with Crippen LogP contribution >= 0.6 is 0 Å². The van der Waals surface area contributed by atoms with Gasteiger partial charge in [0, 0.05) is 17.6 Å². The minimum atomic E-state index is -0.680. The first-order chi connectivity index (χ1) is 13.2. The van der Waals surface area contributed by atoms with Gasteiger partial charge in [-0.1, -0.05) is 12.1 Å². The fourth-order valence-corrected chi connectivity index (χ4v) is 3.56. The molecule has 0 atom stereocenters. The molecular formula is C20H21N3O4. The molecule has 140 valence electrons. The van der Waals surface area contributed by atoms with Crippen LogP contribution in [0, 0.1) is 0 Å². The monoisotopic (exact) mass is 367 g/mol. The van der Waals surface area contributed by atoms with Crippen LogP contribution in [0.2, 0.25) is 0 Å². The maximum Gasteiger partial charge on any atom is 0.349 e. The lowest BCUT2D eigenvalue weighted by Gasteiger charge is -2.14. The van der Waals surface area contributed by atoms with Crippen LogP contribution in [0.3, 0.4) is 0 Å². The van der Waals surface area contributed by atoms with E-state index in [9.17, 15) is 9.59 Å². The van der Waals surface area contributed by atoms with Gasteiger partial charge in [-0.2, -0.15) is 5.10 Å². The molecule has 0 fully saturated rings. The molecule has 0 unspecified atom stereocenters. The van der Waals surface area contributed by atoms with E-state index in [0.29, 0.717) is 29.8 Å². The lowest BCUT2D eigenvalue weighted by Crippen LogP contribution is -2.31. The predicted molar refractivity (Wildman–Crippen MR) is 100 cm³/mol. The Morgan fingerprint density at radius 3 is 3.04 bits per heavy atom. The number of methoxy groups -OCH3 is 1. The Morgan fingerprint density at radius 1 is 1.33 bits per heavy atom. The van der Waals surface area contributed by atoms with Crippen LogP contribution in [-0.2, 0) is 19.4 Å². The minimum absolute atomic E-state index is 0.0155. The van der Waals surface area contributed by atoms with E-state index < -0.39 is 11.5 Å². The third-order valence-corrected chi connectivity index (χ3v) is 4.94. The Kier molecular flexibility index (Phi) is 4.66. The van der Waals surface area contributed by atoms with Crippen molar-refractivity contribution in [2.75, 3.05) is 13.7 Å². The van der Waals surface area contributed by atoms with Gasteiger partial charge in [0.05, 0.1) is 19.9 Å². The molecule has 3 aromatic rings. The topological polar surface area (TPSA) is 86.4 Å². The highest BCUT2D eigenvalue weighted by atomic mass is 16.5. The molecular weight excluding hydrogens is 346 g/mol. The van der Waals surface area contributed by atoms with Gasteiger partial charge in [0.25, 0.3) is 5.91 Å². The van der Waals surface area contributed by atoms with E-state index in [-0.39, 0.29) is 5.56 Å². The summed E-state index contributed by atoms with van der Waals surface area (Å²) in [5.41, 5.74) is 2.20. The molecule has 0 bridgehead atoms. The number of rotatable bonds is 5. The second-order valence-corrected chi connectivity index (χ2v) is 6.63. The highest BCUT2D eigenvalue weighted by Gasteiger charge is 2.17. The number of amides is 1. The van der Waals surface area contributed by atoms with E-state index in [2.05, 4.69) is 10.4 Å². The Morgan fingerprint density at radius 2 is 2.19 bits per heavy atom. The molecule has 7 heteroatoms. The number of carbonyl (C=O) groups excluding carboxylic acids is 1. The van der Waals surface area contributed by atoms with E-state index in [1.54, 1.807) is 18.2 Å². The number of nitrogens with zero attached hydrogens (tertiary/aromatic N) is 2. The quantitative estimate of drug-likeness (QED) is 0.700. The van der Waals surface area contributed by atoms with Gasteiger partial charge < -0.3 is 14.5 Å². The number of aromatic nitrogens is 2. The molecule has 1 aromatic carbocycles. The molecule has 0 saturated heterocycles. The number of carbonyl (C=O) groups is 1. The summed E-state index contributed by atoms with van der Waals surface area (Å²) in [5, 5.41) is 7.84. The Balaban J connectivity index is 1.48. The normalized spacial score (nSPS) is 13.4. The van der Waals surface area contributed by atoms with Gasteiger partial charge in [-0.05, 0) is 43.4 Å². The number of ether oxygens (including phenoxy) is 1. The van der Waals surface area contributed by atoms with Crippen molar-refractivity contribution >= 4 is 16.9 Å².